The predicted molar refractivity (Wildman–Crippen MR) is 149 cm³/mol. The number of esters is 1. The number of aliphatic hydroxyl groups excluding tert-OH is 1. The zero-order chi connectivity index (χ0) is 28.4. The Balaban J connectivity index is 1.35. The molecule has 1 heterocycles. The Bertz CT molecular complexity index is 1450. The molecule has 0 spiro atoms. The number of hydrogen-bond acceptors (Lipinski definition) is 7. The van der Waals surface area contributed by atoms with E-state index in [0.717, 1.165) is 54.4 Å². The van der Waals surface area contributed by atoms with Crippen LogP contribution in [-0.2, 0) is 20.7 Å². The van der Waals surface area contributed by atoms with Gasteiger partial charge in [-0.05, 0) is 97.6 Å². The molecule has 3 saturated carbocycles. The first-order valence-corrected chi connectivity index (χ1v) is 15.0. The fourth-order valence-electron chi connectivity index (χ4n) is 8.97. The smallest absolute Gasteiger partial charge is 0.303 e. The van der Waals surface area contributed by atoms with Crippen molar-refractivity contribution in [2.24, 2.45) is 28.6 Å². The number of thioether (sulfide) groups is 1. The molecular formula is C31H34FN3O4S. The molecule has 0 saturated heterocycles. The van der Waals surface area contributed by atoms with Crippen LogP contribution >= 0.6 is 11.8 Å². The van der Waals surface area contributed by atoms with Crippen molar-refractivity contribution in [3.63, 3.8) is 0 Å². The van der Waals surface area contributed by atoms with Gasteiger partial charge in [-0.1, -0.05) is 31.2 Å². The number of aromatic nitrogens is 2. The lowest BCUT2D eigenvalue weighted by atomic mass is 9.45. The van der Waals surface area contributed by atoms with Crippen molar-refractivity contribution in [3.8, 4) is 11.8 Å². The van der Waals surface area contributed by atoms with E-state index in [1.165, 1.54) is 24.6 Å². The minimum atomic E-state index is -1.34. The maximum absolute atomic E-state index is 13.6. The second-order valence-electron chi connectivity index (χ2n) is 12.4. The van der Waals surface area contributed by atoms with E-state index in [4.69, 9.17) is 10.00 Å². The number of benzene rings is 1. The molecule has 9 heteroatoms. The van der Waals surface area contributed by atoms with Crippen LogP contribution in [0.25, 0.3) is 11.8 Å². The average Bonchev–Trinajstić information content (AvgIpc) is 3.43. The Morgan fingerprint density at radius 2 is 2.02 bits per heavy atom. The van der Waals surface area contributed by atoms with Crippen molar-refractivity contribution < 1.29 is 23.8 Å². The van der Waals surface area contributed by atoms with Gasteiger partial charge in [0.05, 0.1) is 35.5 Å². The number of nitriles is 1. The molecule has 0 aliphatic heterocycles. The topological polar surface area (TPSA) is 105 Å². The van der Waals surface area contributed by atoms with Gasteiger partial charge in [0.2, 0.25) is 5.12 Å². The van der Waals surface area contributed by atoms with Crippen molar-refractivity contribution in [2.75, 3.05) is 5.75 Å². The third-order valence-corrected chi connectivity index (χ3v) is 11.4. The van der Waals surface area contributed by atoms with Crippen molar-refractivity contribution in [1.82, 2.24) is 9.78 Å². The summed E-state index contributed by atoms with van der Waals surface area (Å²) in [5.74, 6) is -0.546. The highest BCUT2D eigenvalue weighted by molar-refractivity contribution is 8.14. The molecule has 1 aromatic carbocycles. The van der Waals surface area contributed by atoms with Crippen molar-refractivity contribution in [3.05, 3.63) is 53.1 Å². The summed E-state index contributed by atoms with van der Waals surface area (Å²) in [6.45, 7) is 5.59. The second kappa shape index (κ2) is 9.56. The van der Waals surface area contributed by atoms with E-state index in [0.29, 0.717) is 12.8 Å². The van der Waals surface area contributed by atoms with E-state index < -0.39 is 23.1 Å². The van der Waals surface area contributed by atoms with E-state index in [1.54, 1.807) is 12.1 Å². The third-order valence-electron chi connectivity index (χ3n) is 10.5. The normalized spacial score (nSPS) is 35.9. The molecular weight excluding hydrogens is 529 g/mol. The van der Waals surface area contributed by atoms with Crippen LogP contribution in [0, 0.1) is 45.7 Å². The largest absolute Gasteiger partial charge is 0.450 e. The lowest BCUT2D eigenvalue weighted by Crippen LogP contribution is -2.62. The zero-order valence-electron chi connectivity index (χ0n) is 23.0. The molecule has 7 atom stereocenters. The molecule has 4 aliphatic carbocycles. The minimum absolute atomic E-state index is 0.00261. The SMILES string of the molecule is CC(=O)O[C@]1(C(=O)SCC#N)CC[C@H]2[C@@H]3CCC4=Cc5c(cnn5-c5ccc(F)cc5)C[C@]4(C)[C@H]3C(O)C[C@@]21C. The van der Waals surface area contributed by atoms with Crippen LogP contribution in [0.15, 0.2) is 36.0 Å². The van der Waals surface area contributed by atoms with E-state index in [-0.39, 0.29) is 39.9 Å². The first-order chi connectivity index (χ1) is 19.0. The Morgan fingerprint density at radius 1 is 1.27 bits per heavy atom. The number of aliphatic hydroxyl groups is 1. The van der Waals surface area contributed by atoms with Gasteiger partial charge in [0.15, 0.2) is 5.60 Å². The van der Waals surface area contributed by atoms with Gasteiger partial charge >= 0.3 is 5.97 Å². The first-order valence-electron chi connectivity index (χ1n) is 14.0. The molecule has 0 bridgehead atoms. The molecule has 7 nitrogen and oxygen atoms in total. The molecule has 1 aromatic heterocycles. The van der Waals surface area contributed by atoms with Crippen LogP contribution in [0.3, 0.4) is 0 Å². The fraction of sp³-hybridized carbons (Fsp3) is 0.548. The van der Waals surface area contributed by atoms with E-state index >= 15 is 0 Å². The molecule has 1 N–H and O–H groups in total. The molecule has 6 rings (SSSR count). The highest BCUT2D eigenvalue weighted by Crippen LogP contribution is 2.68. The number of ether oxygens (including phenoxy) is 1. The number of rotatable bonds is 4. The number of allylic oxidation sites excluding steroid dienone is 1. The van der Waals surface area contributed by atoms with Crippen molar-refractivity contribution in [2.45, 2.75) is 71.0 Å². The molecule has 4 aliphatic rings. The van der Waals surface area contributed by atoms with Crippen LogP contribution in [0.2, 0.25) is 0 Å². The van der Waals surface area contributed by atoms with Gasteiger partial charge in [-0.25, -0.2) is 9.07 Å². The van der Waals surface area contributed by atoms with Crippen LogP contribution in [0.5, 0.6) is 0 Å². The monoisotopic (exact) mass is 563 g/mol. The zero-order valence-corrected chi connectivity index (χ0v) is 23.8. The van der Waals surface area contributed by atoms with Gasteiger partial charge < -0.3 is 9.84 Å². The highest BCUT2D eigenvalue weighted by atomic mass is 32.2. The molecule has 3 fully saturated rings. The molecule has 40 heavy (non-hydrogen) atoms. The second-order valence-corrected chi connectivity index (χ2v) is 13.4. The summed E-state index contributed by atoms with van der Waals surface area (Å²) in [5, 5.41) is 25.4. The lowest BCUT2D eigenvalue weighted by molar-refractivity contribution is -0.195. The van der Waals surface area contributed by atoms with Gasteiger partial charge in [0.1, 0.15) is 5.82 Å². The summed E-state index contributed by atoms with van der Waals surface area (Å²) in [5.41, 5.74) is 1.85. The summed E-state index contributed by atoms with van der Waals surface area (Å²) in [6, 6.07) is 8.33. The van der Waals surface area contributed by atoms with Crippen LogP contribution in [0.1, 0.15) is 64.1 Å². The number of nitrogens with zero attached hydrogens (tertiary/aromatic N) is 3. The maximum atomic E-state index is 13.6. The lowest BCUT2D eigenvalue weighted by Gasteiger charge is -2.60. The van der Waals surface area contributed by atoms with E-state index in [1.807, 2.05) is 23.9 Å². The third kappa shape index (κ3) is 3.82. The Labute approximate surface area is 237 Å². The molecule has 210 valence electrons. The standard InChI is InChI=1S/C31H34FN3O4S/c1-18(36)39-31(28(38)40-13-12-33)11-10-24-23-9-4-20-14-25-19(17-34-35(25)22-7-5-21(32)6-8-22)15-29(20,2)27(23)26(37)16-30(24,31)3/h5-8,14,17,23-24,26-27,37H,4,9-11,13,15-16H2,1-3H3/t23-,24-,26?,27+,29-,30-,31-/m0/s1. The van der Waals surface area contributed by atoms with Gasteiger partial charge in [0, 0.05) is 12.3 Å². The van der Waals surface area contributed by atoms with Gasteiger partial charge in [-0.15, -0.1) is 0 Å². The number of fused-ring (bicyclic) bond motifs is 6. The molecule has 0 amide bonds. The Morgan fingerprint density at radius 3 is 2.73 bits per heavy atom. The molecule has 2 aromatic rings. The van der Waals surface area contributed by atoms with Crippen molar-refractivity contribution >= 4 is 28.9 Å². The summed E-state index contributed by atoms with van der Waals surface area (Å²) in [7, 11) is 0. The molecule has 1 unspecified atom stereocenters. The van der Waals surface area contributed by atoms with Crippen molar-refractivity contribution in [1.29, 1.82) is 5.26 Å². The Kier molecular flexibility index (Phi) is 6.50. The fourth-order valence-corrected chi connectivity index (χ4v) is 9.77. The van der Waals surface area contributed by atoms with Gasteiger partial charge in [-0.3, -0.25) is 9.59 Å². The highest BCUT2D eigenvalue weighted by Gasteiger charge is 2.70. The Hall–Kier alpha value is -2.96. The first kappa shape index (κ1) is 27.2. The summed E-state index contributed by atoms with van der Waals surface area (Å²) in [4.78, 5) is 25.9. The van der Waals surface area contributed by atoms with Gasteiger partial charge in [-0.2, -0.15) is 10.4 Å². The number of halogens is 1. The average molecular weight is 564 g/mol. The van der Waals surface area contributed by atoms with Crippen LogP contribution in [0.4, 0.5) is 4.39 Å². The molecule has 0 radical (unpaired) electrons. The minimum Gasteiger partial charge on any atom is -0.450 e. The number of carbonyl (C=O) groups is 2. The maximum Gasteiger partial charge on any atom is 0.303 e. The van der Waals surface area contributed by atoms with Crippen LogP contribution in [-0.4, -0.2) is 43.4 Å². The van der Waals surface area contributed by atoms with E-state index in [2.05, 4.69) is 18.1 Å². The number of carbonyl (C=O) groups excluding carboxylic acids is 2. The summed E-state index contributed by atoms with van der Waals surface area (Å²) >= 11 is 0.912. The van der Waals surface area contributed by atoms with Gasteiger partial charge in [0.25, 0.3) is 0 Å². The number of hydrogen-bond donors (Lipinski definition) is 1. The van der Waals surface area contributed by atoms with Crippen LogP contribution < -0.4 is 0 Å². The quantitative estimate of drug-likeness (QED) is 0.507. The summed E-state index contributed by atoms with van der Waals surface area (Å²) < 4.78 is 21.3. The van der Waals surface area contributed by atoms with E-state index in [9.17, 15) is 19.1 Å². The predicted octanol–water partition coefficient (Wildman–Crippen LogP) is 5.25. The summed E-state index contributed by atoms with van der Waals surface area (Å²) in [6.07, 6.45) is 7.39.